The molecule has 0 saturated carbocycles. The maximum atomic E-state index is 6.28. The fraction of sp³-hybridized carbons (Fsp3) is 0.733. The molecule has 0 aromatic carbocycles. The molecule has 0 aromatic heterocycles. The number of terminal acetylenes is 1. The largest absolute Gasteiger partial charge is 0.371 e. The molecule has 0 amide bonds. The topological polar surface area (TPSA) is 18.5 Å². The predicted octanol–water partition coefficient (Wildman–Crippen LogP) is 3.82. The van der Waals surface area contributed by atoms with Gasteiger partial charge < -0.3 is 9.47 Å². The first kappa shape index (κ1) is 15.6. The van der Waals surface area contributed by atoms with Crippen molar-refractivity contribution >= 4 is 31.9 Å². The smallest absolute Gasteiger partial charge is 0.0876 e. The van der Waals surface area contributed by atoms with Gasteiger partial charge >= 0.3 is 0 Å². The summed E-state index contributed by atoms with van der Waals surface area (Å²) in [6.45, 7) is 2.18. The molecule has 0 N–H and O–H groups in total. The summed E-state index contributed by atoms with van der Waals surface area (Å²) >= 11 is 7.49. The zero-order chi connectivity index (χ0) is 13.8. The van der Waals surface area contributed by atoms with Gasteiger partial charge in [-0.05, 0) is 25.3 Å². The van der Waals surface area contributed by atoms with Crippen LogP contribution in [0.3, 0.4) is 0 Å². The summed E-state index contributed by atoms with van der Waals surface area (Å²) in [4.78, 5) is 0.782. The van der Waals surface area contributed by atoms with E-state index in [2.05, 4.69) is 44.7 Å². The van der Waals surface area contributed by atoms with Crippen LogP contribution in [-0.2, 0) is 9.47 Å². The Morgan fingerprint density at radius 1 is 1.37 bits per heavy atom. The van der Waals surface area contributed by atoms with Gasteiger partial charge in [-0.2, -0.15) is 0 Å². The lowest BCUT2D eigenvalue weighted by Gasteiger charge is -2.30. The first-order chi connectivity index (χ1) is 9.15. The molecule has 0 aliphatic carbocycles. The zero-order valence-corrected chi connectivity index (χ0v) is 14.3. The van der Waals surface area contributed by atoms with E-state index >= 15 is 0 Å². The molecular weight excluding hydrogens is 372 g/mol. The summed E-state index contributed by atoms with van der Waals surface area (Å²) in [7, 11) is 0. The summed E-state index contributed by atoms with van der Waals surface area (Å²) in [6.07, 6.45) is 13.7. The van der Waals surface area contributed by atoms with Crippen molar-refractivity contribution in [1.29, 1.82) is 0 Å². The van der Waals surface area contributed by atoms with Crippen LogP contribution in [0.2, 0.25) is 0 Å². The molecule has 2 rings (SSSR count). The molecule has 4 heteroatoms. The Kier molecular flexibility index (Phi) is 5.95. The second-order valence-electron chi connectivity index (χ2n) is 5.14. The van der Waals surface area contributed by atoms with E-state index in [9.17, 15) is 0 Å². The molecule has 6 atom stereocenters. The van der Waals surface area contributed by atoms with Crippen molar-refractivity contribution in [2.24, 2.45) is 0 Å². The first-order valence-electron chi connectivity index (χ1n) is 6.85. The average Bonchev–Trinajstić information content (AvgIpc) is 2.72. The highest BCUT2D eigenvalue weighted by atomic mass is 79.9. The summed E-state index contributed by atoms with van der Waals surface area (Å²) in [5.74, 6) is 2.51. The highest BCUT2D eigenvalue weighted by molar-refractivity contribution is 9.09. The number of ether oxygens (including phenoxy) is 2. The minimum atomic E-state index is 0.133. The lowest BCUT2D eigenvalue weighted by molar-refractivity contribution is -0.0732. The van der Waals surface area contributed by atoms with Gasteiger partial charge in [-0.1, -0.05) is 50.8 Å². The van der Waals surface area contributed by atoms with Gasteiger partial charge in [0.1, 0.15) is 0 Å². The van der Waals surface area contributed by atoms with Crippen molar-refractivity contribution < 1.29 is 9.47 Å². The summed E-state index contributed by atoms with van der Waals surface area (Å²) < 4.78 is 12.4. The normalized spacial score (nSPS) is 40.0. The highest BCUT2D eigenvalue weighted by Gasteiger charge is 2.44. The number of fused-ring (bicyclic) bond motifs is 2. The minimum Gasteiger partial charge on any atom is -0.371 e. The van der Waals surface area contributed by atoms with Gasteiger partial charge in [0, 0.05) is 16.1 Å². The second-order valence-corrected chi connectivity index (χ2v) is 7.49. The summed E-state index contributed by atoms with van der Waals surface area (Å²) in [5, 5.41) is 0. The van der Waals surface area contributed by atoms with Crippen LogP contribution in [0.5, 0.6) is 0 Å². The van der Waals surface area contributed by atoms with Crippen LogP contribution < -0.4 is 0 Å². The van der Waals surface area contributed by atoms with Crippen molar-refractivity contribution in [3.05, 3.63) is 12.2 Å². The maximum Gasteiger partial charge on any atom is 0.0876 e. The van der Waals surface area contributed by atoms with Crippen LogP contribution in [0.15, 0.2) is 12.2 Å². The number of hydrogen-bond acceptors (Lipinski definition) is 2. The van der Waals surface area contributed by atoms with Gasteiger partial charge in [-0.3, -0.25) is 0 Å². The van der Waals surface area contributed by atoms with E-state index in [0.29, 0.717) is 9.65 Å². The molecule has 0 aromatic rings. The third-order valence-electron chi connectivity index (χ3n) is 3.82. The van der Waals surface area contributed by atoms with Crippen molar-refractivity contribution in [1.82, 2.24) is 0 Å². The van der Waals surface area contributed by atoms with Gasteiger partial charge in [-0.15, -0.1) is 6.42 Å². The second kappa shape index (κ2) is 7.26. The average molecular weight is 392 g/mol. The van der Waals surface area contributed by atoms with Crippen LogP contribution in [-0.4, -0.2) is 34.1 Å². The Morgan fingerprint density at radius 2 is 2.16 bits per heavy atom. The Hall–Kier alpha value is 0.180. The highest BCUT2D eigenvalue weighted by Crippen LogP contribution is 2.38. The quantitative estimate of drug-likeness (QED) is 0.535. The zero-order valence-electron chi connectivity index (χ0n) is 11.1. The number of allylic oxidation sites excluding steroid dienone is 1. The number of halogens is 2. The standard InChI is InChI=1S/C15H20Br2O2/c1-3-5-6-7-12-15-9-14(18-12)11(17)8-13(19-15)10(16)4-2/h1,5-6,10-15H,4,7-9H2,2H3/b6-5-/t10-,11+,12+,13-,14+,15+/m1/s1. The minimum absolute atomic E-state index is 0.133. The molecule has 2 fully saturated rings. The van der Waals surface area contributed by atoms with Gasteiger partial charge in [-0.25, -0.2) is 0 Å². The third-order valence-corrected chi connectivity index (χ3v) is 6.02. The van der Waals surface area contributed by atoms with Crippen molar-refractivity contribution in [2.75, 3.05) is 0 Å². The lowest BCUT2D eigenvalue weighted by atomic mass is 10.1. The molecule has 19 heavy (non-hydrogen) atoms. The number of hydrogen-bond donors (Lipinski definition) is 0. The Labute approximate surface area is 132 Å². The monoisotopic (exact) mass is 390 g/mol. The number of alkyl halides is 2. The molecule has 2 aliphatic heterocycles. The van der Waals surface area contributed by atoms with E-state index in [4.69, 9.17) is 15.9 Å². The van der Waals surface area contributed by atoms with Crippen LogP contribution in [0.4, 0.5) is 0 Å². The summed E-state index contributed by atoms with van der Waals surface area (Å²) in [6, 6.07) is 0. The van der Waals surface area contributed by atoms with Crippen LogP contribution in [0.25, 0.3) is 0 Å². The predicted molar refractivity (Wildman–Crippen MR) is 84.9 cm³/mol. The molecule has 2 heterocycles. The van der Waals surface area contributed by atoms with Crippen LogP contribution in [0, 0.1) is 12.3 Å². The van der Waals surface area contributed by atoms with Crippen molar-refractivity contribution in [3.8, 4) is 12.3 Å². The van der Waals surface area contributed by atoms with E-state index in [0.717, 1.165) is 25.7 Å². The Bertz CT molecular complexity index is 364. The SMILES string of the molecule is C#C/C=C\C[C@@H]1O[C@H]2C[C@@H]1O[C@@H]([C@H](Br)CC)C[C@@H]2Br. The van der Waals surface area contributed by atoms with Gasteiger partial charge in [0.25, 0.3) is 0 Å². The molecule has 2 nitrogen and oxygen atoms in total. The van der Waals surface area contributed by atoms with E-state index in [1.807, 2.05) is 6.08 Å². The van der Waals surface area contributed by atoms with E-state index in [-0.39, 0.29) is 24.4 Å². The summed E-state index contributed by atoms with van der Waals surface area (Å²) in [5.41, 5.74) is 0. The molecule has 2 saturated heterocycles. The maximum absolute atomic E-state index is 6.28. The Balaban J connectivity index is 2.02. The van der Waals surface area contributed by atoms with Crippen LogP contribution >= 0.6 is 31.9 Å². The van der Waals surface area contributed by atoms with Gasteiger partial charge in [0.2, 0.25) is 0 Å². The molecule has 0 spiro atoms. The first-order valence-corrected chi connectivity index (χ1v) is 8.69. The third kappa shape index (κ3) is 3.85. The van der Waals surface area contributed by atoms with Gasteiger partial charge in [0.15, 0.2) is 0 Å². The lowest BCUT2D eigenvalue weighted by Crippen LogP contribution is -2.36. The van der Waals surface area contributed by atoms with Crippen LogP contribution in [0.1, 0.15) is 32.6 Å². The van der Waals surface area contributed by atoms with Crippen molar-refractivity contribution in [2.45, 2.75) is 66.7 Å². The van der Waals surface area contributed by atoms with Gasteiger partial charge in [0.05, 0.1) is 24.4 Å². The molecule has 0 radical (unpaired) electrons. The molecule has 0 unspecified atom stereocenters. The molecule has 2 bridgehead atoms. The van der Waals surface area contributed by atoms with E-state index in [1.165, 1.54) is 0 Å². The fourth-order valence-corrected chi connectivity index (χ4v) is 3.80. The van der Waals surface area contributed by atoms with E-state index < -0.39 is 0 Å². The number of rotatable bonds is 4. The molecule has 2 aliphatic rings. The molecular formula is C15H20Br2O2. The fourth-order valence-electron chi connectivity index (χ4n) is 2.75. The molecule has 106 valence electrons. The Morgan fingerprint density at radius 3 is 2.84 bits per heavy atom. The van der Waals surface area contributed by atoms with Crippen molar-refractivity contribution in [3.63, 3.8) is 0 Å². The van der Waals surface area contributed by atoms with E-state index in [1.54, 1.807) is 6.08 Å².